The number of ether oxygens (including phenoxy) is 2. The number of nitrogens with zero attached hydrogens (tertiary/aromatic N) is 2. The van der Waals surface area contributed by atoms with Crippen LogP contribution in [-0.4, -0.2) is 69.3 Å². The van der Waals surface area contributed by atoms with Crippen molar-refractivity contribution in [1.82, 2.24) is 9.80 Å². The zero-order valence-electron chi connectivity index (χ0n) is 11.1. The number of methoxy groups -OCH3 is 2. The Morgan fingerprint density at radius 3 is 2.29 bits per heavy atom. The van der Waals surface area contributed by atoms with Crippen LogP contribution in [0.1, 0.15) is 13.3 Å². The van der Waals surface area contributed by atoms with Crippen LogP contribution >= 0.6 is 0 Å². The van der Waals surface area contributed by atoms with E-state index in [9.17, 15) is 9.59 Å². The molecule has 2 amide bonds. The van der Waals surface area contributed by atoms with Gasteiger partial charge in [-0.3, -0.25) is 4.79 Å². The highest BCUT2D eigenvalue weighted by Gasteiger charge is 2.17. The lowest BCUT2D eigenvalue weighted by Gasteiger charge is -2.27. The van der Waals surface area contributed by atoms with E-state index in [-0.39, 0.29) is 18.4 Å². The normalized spacial score (nSPS) is 9.88. The van der Waals surface area contributed by atoms with E-state index in [2.05, 4.69) is 4.74 Å². The Morgan fingerprint density at radius 2 is 1.82 bits per heavy atom. The van der Waals surface area contributed by atoms with Gasteiger partial charge in [0, 0.05) is 33.8 Å². The SMILES string of the molecule is CCN(C)C(=O)N(CCOC)CCC(=O)OC. The summed E-state index contributed by atoms with van der Waals surface area (Å²) in [6, 6.07) is -0.103. The van der Waals surface area contributed by atoms with Gasteiger partial charge in [-0.1, -0.05) is 0 Å². The van der Waals surface area contributed by atoms with Gasteiger partial charge >= 0.3 is 12.0 Å². The molecule has 0 heterocycles. The Labute approximate surface area is 102 Å². The number of rotatable bonds is 7. The van der Waals surface area contributed by atoms with Crippen LogP contribution in [0.5, 0.6) is 0 Å². The number of amides is 2. The summed E-state index contributed by atoms with van der Waals surface area (Å²) in [4.78, 5) is 26.1. The van der Waals surface area contributed by atoms with Gasteiger partial charge in [-0.25, -0.2) is 4.79 Å². The summed E-state index contributed by atoms with van der Waals surface area (Å²) < 4.78 is 9.49. The molecule has 0 saturated heterocycles. The van der Waals surface area contributed by atoms with Crippen LogP contribution in [-0.2, 0) is 14.3 Å². The van der Waals surface area contributed by atoms with Gasteiger partial charge in [0.1, 0.15) is 0 Å². The third-order valence-electron chi connectivity index (χ3n) is 2.45. The lowest BCUT2D eigenvalue weighted by Crippen LogP contribution is -2.43. The summed E-state index contributed by atoms with van der Waals surface area (Å²) in [5, 5.41) is 0. The van der Waals surface area contributed by atoms with Crippen molar-refractivity contribution in [3.8, 4) is 0 Å². The minimum atomic E-state index is -0.320. The largest absolute Gasteiger partial charge is 0.469 e. The third kappa shape index (κ3) is 6.11. The average molecular weight is 246 g/mol. The summed E-state index contributed by atoms with van der Waals surface area (Å²) in [7, 11) is 4.63. The lowest BCUT2D eigenvalue weighted by atomic mass is 10.4. The maximum absolute atomic E-state index is 11.9. The van der Waals surface area contributed by atoms with E-state index in [1.165, 1.54) is 7.11 Å². The first-order valence-corrected chi connectivity index (χ1v) is 5.62. The fraction of sp³-hybridized carbons (Fsp3) is 0.818. The predicted molar refractivity (Wildman–Crippen MR) is 63.8 cm³/mol. The fourth-order valence-electron chi connectivity index (χ4n) is 1.21. The molecule has 0 spiro atoms. The van der Waals surface area contributed by atoms with Gasteiger partial charge in [-0.05, 0) is 6.92 Å². The van der Waals surface area contributed by atoms with Crippen LogP contribution in [0.3, 0.4) is 0 Å². The second-order valence-corrected chi connectivity index (χ2v) is 3.60. The van der Waals surface area contributed by atoms with Crippen molar-refractivity contribution in [3.05, 3.63) is 0 Å². The van der Waals surface area contributed by atoms with Crippen LogP contribution in [0.2, 0.25) is 0 Å². The number of carbonyl (C=O) groups is 2. The Bertz CT molecular complexity index is 246. The standard InChI is InChI=1S/C11H22N2O4/c1-5-12(2)11(15)13(8-9-16-3)7-6-10(14)17-4/h5-9H2,1-4H3. The van der Waals surface area contributed by atoms with Gasteiger partial charge < -0.3 is 19.3 Å². The van der Waals surface area contributed by atoms with Gasteiger partial charge in [0.25, 0.3) is 0 Å². The van der Waals surface area contributed by atoms with Gasteiger partial charge in [-0.15, -0.1) is 0 Å². The maximum atomic E-state index is 11.9. The topological polar surface area (TPSA) is 59.1 Å². The molecule has 0 N–H and O–H groups in total. The third-order valence-corrected chi connectivity index (χ3v) is 2.45. The number of hydrogen-bond donors (Lipinski definition) is 0. The summed E-state index contributed by atoms with van der Waals surface area (Å²) >= 11 is 0. The molecule has 0 aliphatic rings. The van der Waals surface area contributed by atoms with Crippen molar-refractivity contribution in [1.29, 1.82) is 0 Å². The summed E-state index contributed by atoms with van der Waals surface area (Å²) in [5.41, 5.74) is 0. The Hall–Kier alpha value is -1.30. The number of hydrogen-bond acceptors (Lipinski definition) is 4. The molecule has 0 radical (unpaired) electrons. The van der Waals surface area contributed by atoms with Crippen molar-refractivity contribution >= 4 is 12.0 Å². The van der Waals surface area contributed by atoms with Gasteiger partial charge in [0.15, 0.2) is 0 Å². The zero-order chi connectivity index (χ0) is 13.3. The van der Waals surface area contributed by atoms with Gasteiger partial charge in [0.2, 0.25) is 0 Å². The molecule has 6 heteroatoms. The highest BCUT2D eigenvalue weighted by atomic mass is 16.5. The highest BCUT2D eigenvalue weighted by molar-refractivity contribution is 5.75. The Balaban J connectivity index is 4.31. The van der Waals surface area contributed by atoms with Crippen molar-refractivity contribution in [2.75, 3.05) is 47.5 Å². The molecule has 0 aromatic carbocycles. The molecule has 0 aromatic heterocycles. The molecule has 100 valence electrons. The molecule has 6 nitrogen and oxygen atoms in total. The molecule has 0 aromatic rings. The van der Waals surface area contributed by atoms with E-state index in [0.717, 1.165) is 0 Å². The van der Waals surface area contributed by atoms with Crippen LogP contribution in [0.25, 0.3) is 0 Å². The Kier molecular flexibility index (Phi) is 8.13. The predicted octanol–water partition coefficient (Wildman–Crippen LogP) is 0.570. The number of urea groups is 1. The number of carbonyl (C=O) groups excluding carboxylic acids is 2. The molecular weight excluding hydrogens is 224 g/mol. The number of esters is 1. The summed E-state index contributed by atoms with van der Waals surface area (Å²) in [5.74, 6) is -0.320. The van der Waals surface area contributed by atoms with Crippen LogP contribution in [0, 0.1) is 0 Å². The van der Waals surface area contributed by atoms with E-state index in [1.54, 1.807) is 24.0 Å². The quantitative estimate of drug-likeness (QED) is 0.616. The van der Waals surface area contributed by atoms with Crippen molar-refractivity contribution in [3.63, 3.8) is 0 Å². The molecule has 0 atom stereocenters. The van der Waals surface area contributed by atoms with E-state index in [0.29, 0.717) is 26.2 Å². The molecule has 0 rings (SSSR count). The highest BCUT2D eigenvalue weighted by Crippen LogP contribution is 1.99. The second-order valence-electron chi connectivity index (χ2n) is 3.60. The van der Waals surface area contributed by atoms with Crippen molar-refractivity contribution in [2.45, 2.75) is 13.3 Å². The summed E-state index contributed by atoms with van der Waals surface area (Å²) in [6.45, 7) is 3.79. The molecule has 0 aliphatic carbocycles. The van der Waals surface area contributed by atoms with Crippen LogP contribution in [0.4, 0.5) is 4.79 Å². The van der Waals surface area contributed by atoms with E-state index in [1.807, 2.05) is 6.92 Å². The maximum Gasteiger partial charge on any atom is 0.319 e. The average Bonchev–Trinajstić information content (AvgIpc) is 2.36. The van der Waals surface area contributed by atoms with Gasteiger partial charge in [-0.2, -0.15) is 0 Å². The lowest BCUT2D eigenvalue weighted by molar-refractivity contribution is -0.140. The van der Waals surface area contributed by atoms with E-state index < -0.39 is 0 Å². The molecule has 0 saturated carbocycles. The molecule has 0 bridgehead atoms. The fourth-order valence-corrected chi connectivity index (χ4v) is 1.21. The van der Waals surface area contributed by atoms with Gasteiger partial charge in [0.05, 0.1) is 20.1 Å². The minimum Gasteiger partial charge on any atom is -0.469 e. The molecular formula is C11H22N2O4. The zero-order valence-corrected chi connectivity index (χ0v) is 11.1. The smallest absolute Gasteiger partial charge is 0.319 e. The first-order chi connectivity index (χ1) is 8.06. The van der Waals surface area contributed by atoms with E-state index in [4.69, 9.17) is 4.74 Å². The van der Waals surface area contributed by atoms with Crippen LogP contribution < -0.4 is 0 Å². The summed E-state index contributed by atoms with van der Waals surface area (Å²) in [6.07, 6.45) is 0.198. The monoisotopic (exact) mass is 246 g/mol. The van der Waals surface area contributed by atoms with Crippen LogP contribution in [0.15, 0.2) is 0 Å². The Morgan fingerprint density at radius 1 is 1.18 bits per heavy atom. The van der Waals surface area contributed by atoms with E-state index >= 15 is 0 Å². The minimum absolute atomic E-state index is 0.103. The van der Waals surface area contributed by atoms with Crippen molar-refractivity contribution < 1.29 is 19.1 Å². The first-order valence-electron chi connectivity index (χ1n) is 5.62. The van der Waals surface area contributed by atoms with Crippen molar-refractivity contribution in [2.24, 2.45) is 0 Å². The molecule has 17 heavy (non-hydrogen) atoms. The molecule has 0 fully saturated rings. The first kappa shape index (κ1) is 15.7. The molecule has 0 unspecified atom stereocenters. The molecule has 0 aliphatic heterocycles. The second kappa shape index (κ2) is 8.81.